The number of Topliss-reactive ketones (excluding diaryl/α,β-unsaturated/α-hetero) is 1. The number of carbonyl (C=O) groups excluding carboxylic acids is 1. The minimum absolute atomic E-state index is 0.00982. The van der Waals surface area contributed by atoms with Crippen molar-refractivity contribution in [1.82, 2.24) is 0 Å². The summed E-state index contributed by atoms with van der Waals surface area (Å²) in [5.74, 6) is 0.246. The van der Waals surface area contributed by atoms with Crippen LogP contribution in [-0.4, -0.2) is 15.8 Å². The number of non-ortho nitro benzene ring substituents is 1. The van der Waals surface area contributed by atoms with Crippen LogP contribution in [0.5, 0.6) is 5.75 Å². The van der Waals surface area contributed by atoms with Gasteiger partial charge in [-0.15, -0.1) is 0 Å². The van der Waals surface area contributed by atoms with Crippen LogP contribution in [0.3, 0.4) is 0 Å². The van der Waals surface area contributed by atoms with Crippen LogP contribution in [0.15, 0.2) is 47.5 Å². The van der Waals surface area contributed by atoms with Crippen molar-refractivity contribution in [3.8, 4) is 5.75 Å². The number of phenolic OH excluding ortho intramolecular Hbond substituents is 1. The third-order valence-corrected chi connectivity index (χ3v) is 4.52. The fraction of sp³-hybridized carbons (Fsp3) is 0.190. The molecule has 0 aliphatic heterocycles. The van der Waals surface area contributed by atoms with E-state index >= 15 is 0 Å². The summed E-state index contributed by atoms with van der Waals surface area (Å²) in [6.45, 7) is 3.66. The first kappa shape index (κ1) is 17.6. The maximum Gasteiger partial charge on any atom is 0.270 e. The summed E-state index contributed by atoms with van der Waals surface area (Å²) in [6, 6.07) is 9.97. The van der Waals surface area contributed by atoms with Crippen molar-refractivity contribution in [2.45, 2.75) is 26.7 Å². The third kappa shape index (κ3) is 3.57. The van der Waals surface area contributed by atoms with Crippen molar-refractivity contribution in [2.75, 3.05) is 0 Å². The number of nitro benzene ring substituents is 1. The molecule has 1 aliphatic carbocycles. The van der Waals surface area contributed by atoms with Crippen LogP contribution in [0.2, 0.25) is 0 Å². The van der Waals surface area contributed by atoms with Crippen LogP contribution in [0, 0.1) is 24.0 Å². The summed E-state index contributed by atoms with van der Waals surface area (Å²) in [5, 5.41) is 20.7. The van der Waals surface area contributed by atoms with Gasteiger partial charge in [0.2, 0.25) is 0 Å². The average molecular weight is 349 g/mol. The van der Waals surface area contributed by atoms with Crippen molar-refractivity contribution in [2.24, 2.45) is 0 Å². The van der Waals surface area contributed by atoms with Gasteiger partial charge in [-0.3, -0.25) is 14.9 Å². The number of aromatic hydroxyl groups is 1. The number of carbonyl (C=O) groups is 1. The number of phenols is 1. The number of hydrogen-bond donors (Lipinski definition) is 1. The van der Waals surface area contributed by atoms with Crippen molar-refractivity contribution in [3.63, 3.8) is 0 Å². The molecule has 1 fully saturated rings. The average Bonchev–Trinajstić information content (AvgIpc) is 2.93. The van der Waals surface area contributed by atoms with Crippen LogP contribution in [-0.2, 0) is 4.79 Å². The second-order valence-electron chi connectivity index (χ2n) is 6.52. The summed E-state index contributed by atoms with van der Waals surface area (Å²) in [7, 11) is 0. The monoisotopic (exact) mass is 349 g/mol. The Labute approximate surface area is 151 Å². The molecule has 0 saturated heterocycles. The molecule has 0 unspecified atom stereocenters. The molecule has 0 aromatic heterocycles. The van der Waals surface area contributed by atoms with E-state index in [1.807, 2.05) is 32.1 Å². The van der Waals surface area contributed by atoms with Crippen LogP contribution < -0.4 is 0 Å². The highest BCUT2D eigenvalue weighted by molar-refractivity contribution is 6.15. The van der Waals surface area contributed by atoms with Gasteiger partial charge in [0, 0.05) is 23.3 Å². The highest BCUT2D eigenvalue weighted by Gasteiger charge is 2.23. The number of benzene rings is 2. The molecule has 0 atom stereocenters. The molecule has 2 aromatic carbocycles. The van der Waals surface area contributed by atoms with Gasteiger partial charge in [-0.1, -0.05) is 12.1 Å². The molecule has 0 radical (unpaired) electrons. The zero-order chi connectivity index (χ0) is 18.8. The van der Waals surface area contributed by atoms with Gasteiger partial charge in [-0.05, 0) is 73.2 Å². The van der Waals surface area contributed by atoms with Gasteiger partial charge >= 0.3 is 0 Å². The summed E-state index contributed by atoms with van der Waals surface area (Å²) >= 11 is 0. The molecule has 1 saturated carbocycles. The fourth-order valence-electron chi connectivity index (χ4n) is 3.18. The predicted octanol–water partition coefficient (Wildman–Crippen LogP) is 4.75. The molecule has 3 rings (SSSR count). The van der Waals surface area contributed by atoms with Crippen molar-refractivity contribution >= 4 is 23.6 Å². The summed E-state index contributed by atoms with van der Waals surface area (Å²) in [6.07, 6.45) is 4.83. The van der Waals surface area contributed by atoms with Gasteiger partial charge in [0.1, 0.15) is 5.75 Å². The lowest BCUT2D eigenvalue weighted by atomic mass is 10.0. The van der Waals surface area contributed by atoms with E-state index in [4.69, 9.17) is 0 Å². The van der Waals surface area contributed by atoms with Crippen molar-refractivity contribution < 1.29 is 14.8 Å². The van der Waals surface area contributed by atoms with Gasteiger partial charge in [-0.25, -0.2) is 0 Å². The largest absolute Gasteiger partial charge is 0.507 e. The van der Waals surface area contributed by atoms with Gasteiger partial charge < -0.3 is 5.11 Å². The van der Waals surface area contributed by atoms with Crippen molar-refractivity contribution in [1.29, 1.82) is 0 Å². The number of aryl methyl sites for hydroxylation is 2. The lowest BCUT2D eigenvalue weighted by molar-refractivity contribution is -0.384. The Kier molecular flexibility index (Phi) is 4.71. The number of nitro groups is 1. The number of hydrogen-bond acceptors (Lipinski definition) is 4. The first-order chi connectivity index (χ1) is 12.3. The van der Waals surface area contributed by atoms with E-state index in [0.29, 0.717) is 29.6 Å². The molecule has 0 amide bonds. The topological polar surface area (TPSA) is 80.4 Å². The lowest BCUT2D eigenvalue weighted by Crippen LogP contribution is -1.96. The van der Waals surface area contributed by atoms with Crippen LogP contribution >= 0.6 is 0 Å². The maximum atomic E-state index is 12.6. The highest BCUT2D eigenvalue weighted by Crippen LogP contribution is 2.31. The molecule has 0 heterocycles. The number of allylic oxidation sites excluding steroid dienone is 2. The molecular formula is C21H19NO4. The molecule has 26 heavy (non-hydrogen) atoms. The molecule has 1 N–H and O–H groups in total. The third-order valence-electron chi connectivity index (χ3n) is 4.52. The van der Waals surface area contributed by atoms with E-state index in [1.165, 1.54) is 12.1 Å². The standard InChI is InChI=1S/C21H19NO4/c1-13-8-16(9-14(2)20(13)23)11-18-7-6-17(21(18)24)10-15-4-3-5-19(12-15)22(25)26/h3-5,8-12,23H,6-7H2,1-2H3/b17-10+,18-11+. The fourth-order valence-corrected chi connectivity index (χ4v) is 3.18. The smallest absolute Gasteiger partial charge is 0.270 e. The number of nitrogens with zero attached hydrogens (tertiary/aromatic N) is 1. The maximum absolute atomic E-state index is 12.6. The molecule has 1 aliphatic rings. The van der Waals surface area contributed by atoms with Gasteiger partial charge in [0.15, 0.2) is 5.78 Å². The van der Waals surface area contributed by atoms with E-state index in [1.54, 1.807) is 18.2 Å². The van der Waals surface area contributed by atoms with Gasteiger partial charge in [0.05, 0.1) is 4.92 Å². The SMILES string of the molecule is Cc1cc(/C=C2\CC/C(=C\c3cccc([N+](=O)[O-])c3)C2=O)cc(C)c1O. The molecule has 5 heteroatoms. The zero-order valence-electron chi connectivity index (χ0n) is 14.7. The van der Waals surface area contributed by atoms with E-state index in [9.17, 15) is 20.0 Å². The second-order valence-corrected chi connectivity index (χ2v) is 6.52. The Balaban J connectivity index is 1.88. The van der Waals surface area contributed by atoms with Crippen LogP contribution in [0.4, 0.5) is 5.69 Å². The minimum atomic E-state index is -0.445. The van der Waals surface area contributed by atoms with Gasteiger partial charge in [0.25, 0.3) is 5.69 Å². The number of rotatable bonds is 3. The second kappa shape index (κ2) is 6.96. The summed E-state index contributed by atoms with van der Waals surface area (Å²) in [4.78, 5) is 23.1. The van der Waals surface area contributed by atoms with E-state index in [-0.39, 0.29) is 17.2 Å². The van der Waals surface area contributed by atoms with E-state index in [0.717, 1.165) is 16.7 Å². The highest BCUT2D eigenvalue weighted by atomic mass is 16.6. The minimum Gasteiger partial charge on any atom is -0.507 e. The van der Waals surface area contributed by atoms with Crippen LogP contribution in [0.25, 0.3) is 12.2 Å². The van der Waals surface area contributed by atoms with Crippen molar-refractivity contribution in [3.05, 3.63) is 79.9 Å². The lowest BCUT2D eigenvalue weighted by Gasteiger charge is -2.05. The predicted molar refractivity (Wildman–Crippen MR) is 101 cm³/mol. The van der Waals surface area contributed by atoms with Crippen LogP contribution in [0.1, 0.15) is 35.1 Å². The normalized spacial score (nSPS) is 17.2. The number of ketones is 1. The Bertz CT molecular complexity index is 947. The Morgan fingerprint density at radius 3 is 2.15 bits per heavy atom. The Morgan fingerprint density at radius 1 is 1.00 bits per heavy atom. The first-order valence-corrected chi connectivity index (χ1v) is 8.35. The van der Waals surface area contributed by atoms with E-state index < -0.39 is 4.92 Å². The zero-order valence-corrected chi connectivity index (χ0v) is 14.7. The molecule has 0 spiro atoms. The first-order valence-electron chi connectivity index (χ1n) is 8.35. The summed E-state index contributed by atoms with van der Waals surface area (Å²) in [5.41, 5.74) is 4.47. The molecule has 132 valence electrons. The molecular weight excluding hydrogens is 330 g/mol. The molecule has 2 aromatic rings. The Hall–Kier alpha value is -3.21. The van der Waals surface area contributed by atoms with E-state index in [2.05, 4.69) is 0 Å². The molecule has 0 bridgehead atoms. The Morgan fingerprint density at radius 2 is 1.58 bits per heavy atom. The molecule has 5 nitrogen and oxygen atoms in total. The summed E-state index contributed by atoms with van der Waals surface area (Å²) < 4.78 is 0. The quantitative estimate of drug-likeness (QED) is 0.493. The van der Waals surface area contributed by atoms with Gasteiger partial charge in [-0.2, -0.15) is 0 Å².